The summed E-state index contributed by atoms with van der Waals surface area (Å²) in [6.07, 6.45) is 3.82. The number of hydrogen-bond acceptors (Lipinski definition) is 4. The lowest BCUT2D eigenvalue weighted by Crippen LogP contribution is -2.45. The van der Waals surface area contributed by atoms with Crippen molar-refractivity contribution in [2.75, 3.05) is 13.1 Å². The van der Waals surface area contributed by atoms with Gasteiger partial charge in [0.15, 0.2) is 0 Å². The molecule has 0 amide bonds. The maximum Gasteiger partial charge on any atom is 0.269 e. The minimum absolute atomic E-state index is 0.156. The van der Waals surface area contributed by atoms with E-state index in [0.717, 1.165) is 25.2 Å². The van der Waals surface area contributed by atoms with Crippen LogP contribution in [0.1, 0.15) is 38.7 Å². The van der Waals surface area contributed by atoms with Gasteiger partial charge in [0.2, 0.25) is 0 Å². The van der Waals surface area contributed by atoms with Crippen LogP contribution in [0.15, 0.2) is 24.3 Å². The molecule has 1 N–H and O–H groups in total. The number of nitro benzene ring substituents is 1. The van der Waals surface area contributed by atoms with Gasteiger partial charge in [0.05, 0.1) is 4.92 Å². The summed E-state index contributed by atoms with van der Waals surface area (Å²) in [5.41, 5.74) is 1.29. The van der Waals surface area contributed by atoms with Gasteiger partial charge in [-0.2, -0.15) is 0 Å². The first-order valence-electron chi connectivity index (χ1n) is 7.77. The van der Waals surface area contributed by atoms with Crippen LogP contribution in [-0.2, 0) is 6.54 Å². The SMILES string of the molecule is CC(C)N(Cc1ccc([N+](=O)[O-])cc1)CC1CCCCN1. The third kappa shape index (κ3) is 4.79. The van der Waals surface area contributed by atoms with Gasteiger partial charge >= 0.3 is 0 Å². The molecule has 1 atom stereocenters. The van der Waals surface area contributed by atoms with Crippen LogP contribution in [0.25, 0.3) is 0 Å². The predicted octanol–water partition coefficient (Wildman–Crippen LogP) is 2.95. The van der Waals surface area contributed by atoms with E-state index in [4.69, 9.17) is 0 Å². The second-order valence-electron chi connectivity index (χ2n) is 6.09. The molecule has 1 aromatic rings. The Hall–Kier alpha value is -1.46. The molecule has 0 aliphatic carbocycles. The molecule has 1 fully saturated rings. The van der Waals surface area contributed by atoms with E-state index in [1.165, 1.54) is 19.3 Å². The summed E-state index contributed by atoms with van der Waals surface area (Å²) in [5, 5.41) is 14.3. The molecular weight excluding hydrogens is 266 g/mol. The van der Waals surface area contributed by atoms with E-state index in [-0.39, 0.29) is 10.6 Å². The lowest BCUT2D eigenvalue weighted by molar-refractivity contribution is -0.384. The summed E-state index contributed by atoms with van der Waals surface area (Å²) in [6, 6.07) is 7.94. The number of piperidine rings is 1. The highest BCUT2D eigenvalue weighted by molar-refractivity contribution is 5.32. The highest BCUT2D eigenvalue weighted by atomic mass is 16.6. The van der Waals surface area contributed by atoms with Crippen molar-refractivity contribution in [3.63, 3.8) is 0 Å². The first-order chi connectivity index (χ1) is 10.1. The molecule has 21 heavy (non-hydrogen) atoms. The molecule has 0 spiro atoms. The van der Waals surface area contributed by atoms with E-state index in [9.17, 15) is 10.1 Å². The van der Waals surface area contributed by atoms with Crippen LogP contribution in [0.3, 0.4) is 0 Å². The normalized spacial score (nSPS) is 19.1. The largest absolute Gasteiger partial charge is 0.313 e. The number of hydrogen-bond donors (Lipinski definition) is 1. The number of benzene rings is 1. The standard InChI is InChI=1S/C16H25N3O2/c1-13(2)18(12-15-5-3-4-10-17-15)11-14-6-8-16(9-7-14)19(20)21/h6-9,13,15,17H,3-5,10-12H2,1-2H3. The summed E-state index contributed by atoms with van der Waals surface area (Å²) in [4.78, 5) is 12.8. The first kappa shape index (κ1) is 15.9. The van der Waals surface area contributed by atoms with Crippen molar-refractivity contribution in [2.24, 2.45) is 0 Å². The van der Waals surface area contributed by atoms with Crippen LogP contribution in [0.2, 0.25) is 0 Å². The van der Waals surface area contributed by atoms with Crippen molar-refractivity contribution >= 4 is 5.69 Å². The summed E-state index contributed by atoms with van der Waals surface area (Å²) >= 11 is 0. The van der Waals surface area contributed by atoms with Crippen molar-refractivity contribution in [1.82, 2.24) is 10.2 Å². The number of nitrogens with zero attached hydrogens (tertiary/aromatic N) is 2. The quantitative estimate of drug-likeness (QED) is 0.646. The van der Waals surface area contributed by atoms with Crippen molar-refractivity contribution in [1.29, 1.82) is 0 Å². The molecular formula is C16H25N3O2. The third-order valence-corrected chi connectivity index (χ3v) is 4.13. The fourth-order valence-corrected chi connectivity index (χ4v) is 2.78. The van der Waals surface area contributed by atoms with Gasteiger partial charge in [-0.1, -0.05) is 18.6 Å². The lowest BCUT2D eigenvalue weighted by Gasteiger charge is -2.33. The molecule has 0 bridgehead atoms. The second-order valence-corrected chi connectivity index (χ2v) is 6.09. The average Bonchev–Trinajstić information content (AvgIpc) is 2.48. The van der Waals surface area contributed by atoms with E-state index in [2.05, 4.69) is 24.1 Å². The fraction of sp³-hybridized carbons (Fsp3) is 0.625. The molecule has 1 saturated heterocycles. The summed E-state index contributed by atoms with van der Waals surface area (Å²) < 4.78 is 0. The van der Waals surface area contributed by atoms with E-state index < -0.39 is 0 Å². The van der Waals surface area contributed by atoms with Crippen molar-refractivity contribution < 1.29 is 4.92 Å². The maximum atomic E-state index is 10.7. The Balaban J connectivity index is 1.96. The zero-order valence-corrected chi connectivity index (χ0v) is 12.9. The highest BCUT2D eigenvalue weighted by Gasteiger charge is 2.19. The first-order valence-corrected chi connectivity index (χ1v) is 7.77. The molecule has 5 nitrogen and oxygen atoms in total. The highest BCUT2D eigenvalue weighted by Crippen LogP contribution is 2.16. The van der Waals surface area contributed by atoms with Gasteiger partial charge in [-0.05, 0) is 38.8 Å². The molecule has 1 unspecified atom stereocenters. The zero-order valence-electron chi connectivity index (χ0n) is 12.9. The zero-order chi connectivity index (χ0) is 15.2. The van der Waals surface area contributed by atoms with Gasteiger partial charge in [-0.15, -0.1) is 0 Å². The van der Waals surface area contributed by atoms with E-state index in [1.807, 2.05) is 12.1 Å². The van der Waals surface area contributed by atoms with Crippen LogP contribution in [0.4, 0.5) is 5.69 Å². The Morgan fingerprint density at radius 2 is 2.05 bits per heavy atom. The molecule has 5 heteroatoms. The predicted molar refractivity (Wildman–Crippen MR) is 84.3 cm³/mol. The minimum Gasteiger partial charge on any atom is -0.313 e. The lowest BCUT2D eigenvalue weighted by atomic mass is 10.0. The monoisotopic (exact) mass is 291 g/mol. The van der Waals surface area contributed by atoms with Crippen LogP contribution in [0, 0.1) is 10.1 Å². The van der Waals surface area contributed by atoms with Crippen LogP contribution in [0.5, 0.6) is 0 Å². The molecule has 1 aromatic carbocycles. The summed E-state index contributed by atoms with van der Waals surface area (Å²) in [6.45, 7) is 7.40. The Morgan fingerprint density at radius 3 is 2.57 bits per heavy atom. The fourth-order valence-electron chi connectivity index (χ4n) is 2.78. The molecule has 0 saturated carbocycles. The van der Waals surface area contributed by atoms with Crippen molar-refractivity contribution in [3.05, 3.63) is 39.9 Å². The molecule has 2 rings (SSSR count). The summed E-state index contributed by atoms with van der Waals surface area (Å²) in [5.74, 6) is 0. The van der Waals surface area contributed by atoms with Crippen LogP contribution < -0.4 is 5.32 Å². The van der Waals surface area contributed by atoms with E-state index in [1.54, 1.807) is 12.1 Å². The number of nitrogens with one attached hydrogen (secondary N) is 1. The molecule has 1 aliphatic rings. The van der Waals surface area contributed by atoms with E-state index in [0.29, 0.717) is 12.1 Å². The average molecular weight is 291 g/mol. The van der Waals surface area contributed by atoms with Gasteiger partial charge < -0.3 is 5.32 Å². The summed E-state index contributed by atoms with van der Waals surface area (Å²) in [7, 11) is 0. The molecule has 0 aromatic heterocycles. The van der Waals surface area contributed by atoms with Gasteiger partial charge in [-0.25, -0.2) is 0 Å². The third-order valence-electron chi connectivity index (χ3n) is 4.13. The Labute approximate surface area is 126 Å². The molecule has 1 aliphatic heterocycles. The maximum absolute atomic E-state index is 10.7. The smallest absolute Gasteiger partial charge is 0.269 e. The Bertz CT molecular complexity index is 453. The van der Waals surface area contributed by atoms with Gasteiger partial charge in [-0.3, -0.25) is 15.0 Å². The van der Waals surface area contributed by atoms with Gasteiger partial charge in [0, 0.05) is 37.3 Å². The van der Waals surface area contributed by atoms with Crippen molar-refractivity contribution in [3.8, 4) is 0 Å². The van der Waals surface area contributed by atoms with Crippen LogP contribution >= 0.6 is 0 Å². The molecule has 0 radical (unpaired) electrons. The Morgan fingerprint density at radius 1 is 1.33 bits per heavy atom. The topological polar surface area (TPSA) is 58.4 Å². The van der Waals surface area contributed by atoms with Gasteiger partial charge in [0.1, 0.15) is 0 Å². The Kier molecular flexibility index (Phi) is 5.70. The van der Waals surface area contributed by atoms with E-state index >= 15 is 0 Å². The van der Waals surface area contributed by atoms with Crippen LogP contribution in [-0.4, -0.2) is 35.0 Å². The molecule has 116 valence electrons. The minimum atomic E-state index is -0.351. The second kappa shape index (κ2) is 7.52. The number of nitro groups is 1. The van der Waals surface area contributed by atoms with Gasteiger partial charge in [0.25, 0.3) is 5.69 Å². The number of rotatable bonds is 6. The van der Waals surface area contributed by atoms with Crippen molar-refractivity contribution in [2.45, 2.75) is 51.7 Å². The number of non-ortho nitro benzene ring substituents is 1. The molecule has 1 heterocycles.